The van der Waals surface area contributed by atoms with Crippen LogP contribution in [0.25, 0.3) is 0 Å². The zero-order valence-corrected chi connectivity index (χ0v) is 11.7. The van der Waals surface area contributed by atoms with E-state index < -0.39 is 0 Å². The van der Waals surface area contributed by atoms with Crippen molar-refractivity contribution in [3.05, 3.63) is 33.8 Å². The molecular formula is C14H16Cl2N2. The summed E-state index contributed by atoms with van der Waals surface area (Å²) in [4.78, 5) is 2.23. The lowest BCUT2D eigenvalue weighted by atomic mass is 10.1. The average Bonchev–Trinajstić information content (AvgIpc) is 2.58. The molecule has 1 fully saturated rings. The minimum atomic E-state index is -0.237. The molecule has 18 heavy (non-hydrogen) atoms. The molecule has 0 radical (unpaired) electrons. The Morgan fingerprint density at radius 3 is 2.06 bits per heavy atom. The van der Waals surface area contributed by atoms with E-state index in [2.05, 4.69) is 11.0 Å². The molecule has 96 valence electrons. The summed E-state index contributed by atoms with van der Waals surface area (Å²) in [5.41, 5.74) is 0.900. The van der Waals surface area contributed by atoms with Gasteiger partial charge in [0.1, 0.15) is 6.04 Å². The number of nitriles is 1. The monoisotopic (exact) mass is 282 g/mol. The Labute approximate surface area is 118 Å². The summed E-state index contributed by atoms with van der Waals surface area (Å²) in [6, 6.07) is 7.52. The fourth-order valence-electron chi connectivity index (χ4n) is 2.45. The van der Waals surface area contributed by atoms with Crippen molar-refractivity contribution >= 4 is 23.2 Å². The lowest BCUT2D eigenvalue weighted by molar-refractivity contribution is 0.246. The molecule has 1 atom stereocenters. The van der Waals surface area contributed by atoms with E-state index in [4.69, 9.17) is 23.2 Å². The summed E-state index contributed by atoms with van der Waals surface area (Å²) in [5.74, 6) is 0. The van der Waals surface area contributed by atoms with E-state index >= 15 is 0 Å². The molecule has 0 bridgehead atoms. The topological polar surface area (TPSA) is 27.0 Å². The molecule has 1 aliphatic rings. The van der Waals surface area contributed by atoms with Crippen LogP contribution in [-0.4, -0.2) is 18.0 Å². The van der Waals surface area contributed by atoms with Crippen LogP contribution in [-0.2, 0) is 0 Å². The molecular weight excluding hydrogens is 267 g/mol. The highest BCUT2D eigenvalue weighted by Crippen LogP contribution is 2.28. The van der Waals surface area contributed by atoms with Gasteiger partial charge in [-0.25, -0.2) is 0 Å². The smallest absolute Gasteiger partial charge is 0.123 e. The van der Waals surface area contributed by atoms with Crippen LogP contribution in [0.1, 0.15) is 37.3 Å². The molecule has 1 aliphatic heterocycles. The van der Waals surface area contributed by atoms with Crippen molar-refractivity contribution in [1.82, 2.24) is 4.90 Å². The van der Waals surface area contributed by atoms with Crippen LogP contribution in [0.2, 0.25) is 10.0 Å². The zero-order chi connectivity index (χ0) is 13.0. The third kappa shape index (κ3) is 3.38. The lowest BCUT2D eigenvalue weighted by Gasteiger charge is -2.25. The van der Waals surface area contributed by atoms with Gasteiger partial charge in [-0.05, 0) is 49.7 Å². The minimum Gasteiger partial charge on any atom is -0.284 e. The number of rotatable bonds is 2. The van der Waals surface area contributed by atoms with E-state index in [0.29, 0.717) is 10.0 Å². The highest BCUT2D eigenvalue weighted by atomic mass is 35.5. The summed E-state index contributed by atoms with van der Waals surface area (Å²) in [5, 5.41) is 10.6. The fourth-order valence-corrected chi connectivity index (χ4v) is 3.00. The van der Waals surface area contributed by atoms with E-state index in [1.165, 1.54) is 12.8 Å². The molecule has 0 N–H and O–H groups in total. The molecule has 1 aromatic rings. The van der Waals surface area contributed by atoms with Gasteiger partial charge in [0.25, 0.3) is 0 Å². The second-order valence-electron chi connectivity index (χ2n) is 4.68. The molecule has 2 rings (SSSR count). The molecule has 0 spiro atoms. The minimum absolute atomic E-state index is 0.237. The Kier molecular flexibility index (Phi) is 4.88. The predicted molar refractivity (Wildman–Crippen MR) is 74.9 cm³/mol. The maximum atomic E-state index is 9.43. The molecule has 1 heterocycles. The average molecular weight is 283 g/mol. The first-order valence-corrected chi connectivity index (χ1v) is 7.06. The van der Waals surface area contributed by atoms with Gasteiger partial charge in [-0.1, -0.05) is 36.0 Å². The third-order valence-corrected chi connectivity index (χ3v) is 3.77. The highest BCUT2D eigenvalue weighted by molar-refractivity contribution is 6.34. The first-order valence-electron chi connectivity index (χ1n) is 6.30. The Bertz CT molecular complexity index is 425. The van der Waals surface area contributed by atoms with Gasteiger partial charge in [0.15, 0.2) is 0 Å². The van der Waals surface area contributed by atoms with Gasteiger partial charge in [0.05, 0.1) is 6.07 Å². The zero-order valence-electron chi connectivity index (χ0n) is 10.2. The van der Waals surface area contributed by atoms with Crippen LogP contribution in [0, 0.1) is 11.3 Å². The number of halogens is 2. The summed E-state index contributed by atoms with van der Waals surface area (Å²) < 4.78 is 0. The predicted octanol–water partition coefficient (Wildman–Crippen LogP) is 4.43. The molecule has 1 saturated heterocycles. The third-order valence-electron chi connectivity index (χ3n) is 3.33. The first-order chi connectivity index (χ1) is 8.70. The maximum Gasteiger partial charge on any atom is 0.123 e. The summed E-state index contributed by atoms with van der Waals surface area (Å²) in [6.07, 6.45) is 4.83. The Balaban J connectivity index is 2.24. The van der Waals surface area contributed by atoms with E-state index in [9.17, 15) is 5.26 Å². The number of nitrogens with zero attached hydrogens (tertiary/aromatic N) is 2. The van der Waals surface area contributed by atoms with Gasteiger partial charge in [0.2, 0.25) is 0 Å². The van der Waals surface area contributed by atoms with Crippen LogP contribution in [0.15, 0.2) is 18.2 Å². The van der Waals surface area contributed by atoms with Crippen molar-refractivity contribution in [3.63, 3.8) is 0 Å². The van der Waals surface area contributed by atoms with Crippen molar-refractivity contribution in [2.75, 3.05) is 13.1 Å². The van der Waals surface area contributed by atoms with Crippen LogP contribution < -0.4 is 0 Å². The molecule has 0 saturated carbocycles. The second kappa shape index (κ2) is 6.43. The highest BCUT2D eigenvalue weighted by Gasteiger charge is 2.21. The lowest BCUT2D eigenvalue weighted by Crippen LogP contribution is -2.28. The number of benzene rings is 1. The standard InChI is InChI=1S/C14H16Cl2N2/c15-12-7-11(8-13(16)9-12)14(10-17)18-5-3-1-2-4-6-18/h7-9,14H,1-6H2. The molecule has 4 heteroatoms. The van der Waals surface area contributed by atoms with E-state index in [-0.39, 0.29) is 6.04 Å². The summed E-state index contributed by atoms with van der Waals surface area (Å²) >= 11 is 12.0. The number of hydrogen-bond acceptors (Lipinski definition) is 2. The summed E-state index contributed by atoms with van der Waals surface area (Å²) in [6.45, 7) is 1.95. The Morgan fingerprint density at radius 1 is 1.00 bits per heavy atom. The van der Waals surface area contributed by atoms with Crippen molar-refractivity contribution in [2.45, 2.75) is 31.7 Å². The van der Waals surface area contributed by atoms with Gasteiger partial charge < -0.3 is 0 Å². The largest absolute Gasteiger partial charge is 0.284 e. The summed E-state index contributed by atoms with van der Waals surface area (Å²) in [7, 11) is 0. The molecule has 0 aliphatic carbocycles. The van der Waals surface area contributed by atoms with Gasteiger partial charge >= 0.3 is 0 Å². The molecule has 1 aromatic carbocycles. The quantitative estimate of drug-likeness (QED) is 0.802. The van der Waals surface area contributed by atoms with Gasteiger partial charge in [-0.15, -0.1) is 0 Å². The van der Waals surface area contributed by atoms with Gasteiger partial charge in [-0.3, -0.25) is 4.90 Å². The van der Waals surface area contributed by atoms with Crippen molar-refractivity contribution in [1.29, 1.82) is 5.26 Å². The Hall–Kier alpha value is -0.750. The van der Waals surface area contributed by atoms with Gasteiger partial charge in [0, 0.05) is 10.0 Å². The molecule has 2 nitrogen and oxygen atoms in total. The van der Waals surface area contributed by atoms with E-state index in [1.54, 1.807) is 6.07 Å². The molecule has 0 amide bonds. The van der Waals surface area contributed by atoms with Crippen LogP contribution in [0.3, 0.4) is 0 Å². The number of hydrogen-bond donors (Lipinski definition) is 0. The molecule has 1 unspecified atom stereocenters. The van der Waals surface area contributed by atoms with Crippen LogP contribution in [0.4, 0.5) is 0 Å². The number of likely N-dealkylation sites (tertiary alicyclic amines) is 1. The first kappa shape index (κ1) is 13.7. The maximum absolute atomic E-state index is 9.43. The van der Waals surface area contributed by atoms with Crippen molar-refractivity contribution < 1.29 is 0 Å². The normalized spacial score (nSPS) is 18.9. The van der Waals surface area contributed by atoms with E-state index in [0.717, 1.165) is 31.5 Å². The SMILES string of the molecule is N#CC(c1cc(Cl)cc(Cl)c1)N1CCCCCC1. The Morgan fingerprint density at radius 2 is 1.56 bits per heavy atom. The fraction of sp³-hybridized carbons (Fsp3) is 0.500. The van der Waals surface area contributed by atoms with Crippen molar-refractivity contribution in [3.8, 4) is 6.07 Å². The van der Waals surface area contributed by atoms with Gasteiger partial charge in [-0.2, -0.15) is 5.26 Å². The van der Waals surface area contributed by atoms with Crippen molar-refractivity contribution in [2.24, 2.45) is 0 Å². The van der Waals surface area contributed by atoms with Crippen LogP contribution >= 0.6 is 23.2 Å². The molecule has 0 aromatic heterocycles. The second-order valence-corrected chi connectivity index (χ2v) is 5.56. The van der Waals surface area contributed by atoms with E-state index in [1.807, 2.05) is 12.1 Å². The van der Waals surface area contributed by atoms with Crippen LogP contribution in [0.5, 0.6) is 0 Å².